The Morgan fingerprint density at radius 3 is 2.17 bits per heavy atom. The Labute approximate surface area is 141 Å². The molecule has 1 atom stereocenters. The van der Waals surface area contributed by atoms with Gasteiger partial charge >= 0.3 is 0 Å². The third-order valence-electron chi connectivity index (χ3n) is 4.01. The van der Waals surface area contributed by atoms with Gasteiger partial charge in [-0.25, -0.2) is 0 Å². The second-order valence-electron chi connectivity index (χ2n) is 5.82. The maximum atomic E-state index is 12.1. The van der Waals surface area contributed by atoms with E-state index < -0.39 is 6.04 Å². The molecule has 0 radical (unpaired) electrons. The number of rotatable bonds is 5. The summed E-state index contributed by atoms with van der Waals surface area (Å²) in [5, 5.41) is 3.12. The number of aryl methyl sites for hydroxylation is 1. The lowest BCUT2D eigenvalue weighted by Crippen LogP contribution is -2.34. The monoisotopic (exact) mass is 324 g/mol. The van der Waals surface area contributed by atoms with Gasteiger partial charge in [0, 0.05) is 12.2 Å². The van der Waals surface area contributed by atoms with Crippen molar-refractivity contribution in [2.24, 2.45) is 0 Å². The highest BCUT2D eigenvalue weighted by molar-refractivity contribution is 6.06. The summed E-state index contributed by atoms with van der Waals surface area (Å²) in [6.07, 6.45) is 0.203. The van der Waals surface area contributed by atoms with Crippen LogP contribution in [0.3, 0.4) is 0 Å². The number of nitrogens with one attached hydrogen (secondary N) is 1. The fourth-order valence-corrected chi connectivity index (χ4v) is 2.69. The van der Waals surface area contributed by atoms with E-state index >= 15 is 0 Å². The summed E-state index contributed by atoms with van der Waals surface area (Å²) in [4.78, 5) is 25.1. The van der Waals surface area contributed by atoms with E-state index in [4.69, 9.17) is 4.74 Å². The summed E-state index contributed by atoms with van der Waals surface area (Å²) in [6, 6.07) is 14.7. The van der Waals surface area contributed by atoms with Gasteiger partial charge in [-0.15, -0.1) is 0 Å². The first kappa shape index (κ1) is 16.1. The average Bonchev–Trinajstić information content (AvgIpc) is 2.85. The van der Waals surface area contributed by atoms with Crippen molar-refractivity contribution in [2.45, 2.75) is 26.3 Å². The molecule has 5 heteroatoms. The van der Waals surface area contributed by atoms with Crippen LogP contribution in [0, 0.1) is 6.92 Å². The van der Waals surface area contributed by atoms with E-state index in [1.165, 1.54) is 10.5 Å². The Morgan fingerprint density at radius 2 is 1.62 bits per heavy atom. The van der Waals surface area contributed by atoms with Crippen molar-refractivity contribution in [2.75, 3.05) is 11.9 Å². The first-order valence-corrected chi connectivity index (χ1v) is 8.02. The molecular weight excluding hydrogens is 304 g/mol. The molecule has 124 valence electrons. The maximum absolute atomic E-state index is 12.1. The molecule has 2 amide bonds. The fourth-order valence-electron chi connectivity index (χ4n) is 2.69. The van der Waals surface area contributed by atoms with Gasteiger partial charge < -0.3 is 10.1 Å². The number of carbonyl (C=O) groups excluding carboxylic acids is 2. The fraction of sp³-hybridized carbons (Fsp3) is 0.263. The maximum Gasteiger partial charge on any atom is 0.252 e. The van der Waals surface area contributed by atoms with E-state index in [1.54, 1.807) is 6.92 Å². The molecule has 1 N–H and O–H groups in total. The molecule has 0 spiro atoms. The van der Waals surface area contributed by atoms with Crippen molar-refractivity contribution in [1.29, 1.82) is 0 Å². The molecule has 1 aliphatic heterocycles. The van der Waals surface area contributed by atoms with Crippen LogP contribution in [0.4, 0.5) is 5.69 Å². The lowest BCUT2D eigenvalue weighted by atomic mass is 10.2. The topological polar surface area (TPSA) is 58.6 Å². The molecule has 0 aliphatic carbocycles. The van der Waals surface area contributed by atoms with Crippen molar-refractivity contribution >= 4 is 17.5 Å². The Morgan fingerprint density at radius 1 is 1.04 bits per heavy atom. The third-order valence-corrected chi connectivity index (χ3v) is 4.01. The van der Waals surface area contributed by atoms with Gasteiger partial charge in [-0.2, -0.15) is 0 Å². The molecular formula is C19H20N2O3. The summed E-state index contributed by atoms with van der Waals surface area (Å²) in [7, 11) is 0. The predicted octanol–water partition coefficient (Wildman–Crippen LogP) is 3.35. The first-order chi connectivity index (χ1) is 11.6. The summed E-state index contributed by atoms with van der Waals surface area (Å²) in [6.45, 7) is 4.24. The van der Waals surface area contributed by atoms with E-state index in [0.717, 1.165) is 11.4 Å². The van der Waals surface area contributed by atoms with Crippen LogP contribution in [0.15, 0.2) is 48.5 Å². The number of hydrogen-bond acceptors (Lipinski definition) is 4. The van der Waals surface area contributed by atoms with Crippen LogP contribution in [-0.2, 0) is 9.59 Å². The number of carbonyl (C=O) groups is 2. The summed E-state index contributed by atoms with van der Waals surface area (Å²) < 4.78 is 5.77. The zero-order valence-corrected chi connectivity index (χ0v) is 13.8. The summed E-state index contributed by atoms with van der Waals surface area (Å²) >= 11 is 0. The normalized spacial score (nSPS) is 17.2. The molecule has 1 saturated heterocycles. The number of likely N-dealkylation sites (tertiary alicyclic amines) is 1. The number of imide groups is 1. The molecule has 1 aliphatic rings. The number of anilines is 1. The summed E-state index contributed by atoms with van der Waals surface area (Å²) in [5.74, 6) is 1.20. The molecule has 1 unspecified atom stereocenters. The second-order valence-corrected chi connectivity index (χ2v) is 5.82. The van der Waals surface area contributed by atoms with Gasteiger partial charge in [-0.3, -0.25) is 14.5 Å². The van der Waals surface area contributed by atoms with E-state index in [2.05, 4.69) is 5.32 Å². The van der Waals surface area contributed by atoms with Gasteiger partial charge in [0.15, 0.2) is 0 Å². The van der Waals surface area contributed by atoms with Gasteiger partial charge in [0.25, 0.3) is 5.91 Å². The standard InChI is InChI=1S/C19H20N2O3/c1-3-21-18(22)12-17(19(21)23)20-14-6-10-16(11-7-14)24-15-8-4-13(2)5-9-15/h4-11,17,20H,3,12H2,1-2H3. The van der Waals surface area contributed by atoms with Gasteiger partial charge in [-0.1, -0.05) is 17.7 Å². The lowest BCUT2D eigenvalue weighted by molar-refractivity contribution is -0.138. The minimum atomic E-state index is -0.485. The van der Waals surface area contributed by atoms with Gasteiger partial charge in [-0.05, 0) is 50.2 Å². The third kappa shape index (κ3) is 3.40. The van der Waals surface area contributed by atoms with Gasteiger partial charge in [0.1, 0.15) is 17.5 Å². The van der Waals surface area contributed by atoms with Crippen LogP contribution in [0.25, 0.3) is 0 Å². The van der Waals surface area contributed by atoms with Crippen molar-refractivity contribution in [1.82, 2.24) is 4.90 Å². The highest BCUT2D eigenvalue weighted by Crippen LogP contribution is 2.24. The van der Waals surface area contributed by atoms with Crippen molar-refractivity contribution in [3.63, 3.8) is 0 Å². The van der Waals surface area contributed by atoms with E-state index in [1.807, 2.05) is 55.5 Å². The van der Waals surface area contributed by atoms with Crippen LogP contribution < -0.4 is 10.1 Å². The number of amides is 2. The van der Waals surface area contributed by atoms with E-state index in [9.17, 15) is 9.59 Å². The number of nitrogens with zero attached hydrogens (tertiary/aromatic N) is 1. The van der Waals surface area contributed by atoms with Crippen LogP contribution >= 0.6 is 0 Å². The van der Waals surface area contributed by atoms with Crippen LogP contribution in [0.5, 0.6) is 11.5 Å². The minimum Gasteiger partial charge on any atom is -0.457 e. The molecule has 3 rings (SSSR count). The largest absolute Gasteiger partial charge is 0.457 e. The van der Waals surface area contributed by atoms with Crippen molar-refractivity contribution < 1.29 is 14.3 Å². The van der Waals surface area contributed by atoms with Crippen LogP contribution in [-0.4, -0.2) is 29.3 Å². The lowest BCUT2D eigenvalue weighted by Gasteiger charge is -2.14. The average molecular weight is 324 g/mol. The zero-order chi connectivity index (χ0) is 17.1. The molecule has 24 heavy (non-hydrogen) atoms. The molecule has 0 aromatic heterocycles. The Balaban J connectivity index is 1.63. The first-order valence-electron chi connectivity index (χ1n) is 8.02. The number of hydrogen-bond donors (Lipinski definition) is 1. The van der Waals surface area contributed by atoms with E-state index in [-0.39, 0.29) is 18.2 Å². The van der Waals surface area contributed by atoms with Crippen molar-refractivity contribution in [3.05, 3.63) is 54.1 Å². The molecule has 1 heterocycles. The molecule has 1 fully saturated rings. The number of benzene rings is 2. The second kappa shape index (κ2) is 6.74. The molecule has 0 saturated carbocycles. The highest BCUT2D eigenvalue weighted by Gasteiger charge is 2.37. The number of ether oxygens (including phenoxy) is 1. The Kier molecular flexibility index (Phi) is 4.51. The van der Waals surface area contributed by atoms with E-state index in [0.29, 0.717) is 12.3 Å². The summed E-state index contributed by atoms with van der Waals surface area (Å²) in [5.41, 5.74) is 1.97. The Bertz CT molecular complexity index is 738. The molecule has 2 aromatic carbocycles. The van der Waals surface area contributed by atoms with Gasteiger partial charge in [0.05, 0.1) is 6.42 Å². The van der Waals surface area contributed by atoms with Gasteiger partial charge in [0.2, 0.25) is 5.91 Å². The van der Waals surface area contributed by atoms with Crippen LogP contribution in [0.1, 0.15) is 18.9 Å². The van der Waals surface area contributed by atoms with Crippen molar-refractivity contribution in [3.8, 4) is 11.5 Å². The smallest absolute Gasteiger partial charge is 0.252 e. The minimum absolute atomic E-state index is 0.126. The number of likely N-dealkylation sites (N-methyl/N-ethyl adjacent to an activating group) is 1. The highest BCUT2D eigenvalue weighted by atomic mass is 16.5. The predicted molar refractivity (Wildman–Crippen MR) is 92.1 cm³/mol. The molecule has 5 nitrogen and oxygen atoms in total. The SMILES string of the molecule is CCN1C(=O)CC(Nc2ccc(Oc3ccc(C)cc3)cc2)C1=O. The Hall–Kier alpha value is -2.82. The molecule has 0 bridgehead atoms. The quantitative estimate of drug-likeness (QED) is 0.857. The molecule has 2 aromatic rings. The van der Waals surface area contributed by atoms with Crippen LogP contribution in [0.2, 0.25) is 0 Å². The zero-order valence-electron chi connectivity index (χ0n) is 13.8.